The van der Waals surface area contributed by atoms with E-state index < -0.39 is 0 Å². The van der Waals surface area contributed by atoms with E-state index in [1.807, 2.05) is 6.07 Å². The molecule has 0 radical (unpaired) electrons. The average Bonchev–Trinajstić information content (AvgIpc) is 2.38. The van der Waals surface area contributed by atoms with Crippen LogP contribution in [0.15, 0.2) is 12.3 Å². The van der Waals surface area contributed by atoms with Gasteiger partial charge in [-0.15, -0.1) is 0 Å². The number of halogens is 1. The highest BCUT2D eigenvalue weighted by atomic mass is 127. The lowest BCUT2D eigenvalue weighted by molar-refractivity contribution is 0.426. The Bertz CT molecular complexity index is 433. The number of nitrogens with zero attached hydrogens (tertiary/aromatic N) is 3. The Balaban J connectivity index is 2.27. The van der Waals surface area contributed by atoms with Gasteiger partial charge in [-0.3, -0.25) is 0 Å². The Morgan fingerprint density at radius 3 is 2.76 bits per heavy atom. The Hall–Kier alpha value is -0.830. The lowest BCUT2D eigenvalue weighted by atomic mass is 9.94. The summed E-state index contributed by atoms with van der Waals surface area (Å²) in [5, 5.41) is 9.23. The highest BCUT2D eigenvalue weighted by molar-refractivity contribution is 14.1. The lowest BCUT2D eigenvalue weighted by Gasteiger charge is -2.32. The topological polar surface area (TPSA) is 39.9 Å². The minimum atomic E-state index is 0.543. The van der Waals surface area contributed by atoms with Crippen LogP contribution in [0.2, 0.25) is 0 Å². The Labute approximate surface area is 116 Å². The van der Waals surface area contributed by atoms with Gasteiger partial charge >= 0.3 is 0 Å². The fourth-order valence-electron chi connectivity index (χ4n) is 2.44. The Morgan fingerprint density at radius 2 is 2.12 bits per heavy atom. The first kappa shape index (κ1) is 12.6. The van der Waals surface area contributed by atoms with E-state index in [0.29, 0.717) is 11.6 Å². The molecule has 1 aliphatic carbocycles. The molecule has 0 aromatic carbocycles. The van der Waals surface area contributed by atoms with Gasteiger partial charge in [-0.2, -0.15) is 5.26 Å². The molecule has 17 heavy (non-hydrogen) atoms. The number of aromatic nitrogens is 1. The molecule has 0 aliphatic heterocycles. The maximum Gasteiger partial charge on any atom is 0.147 e. The molecule has 0 atom stereocenters. The summed E-state index contributed by atoms with van der Waals surface area (Å²) in [6.45, 7) is 0. The monoisotopic (exact) mass is 341 g/mol. The second-order valence-electron chi connectivity index (χ2n) is 4.51. The zero-order valence-corrected chi connectivity index (χ0v) is 12.1. The van der Waals surface area contributed by atoms with Crippen LogP contribution in [0.4, 0.5) is 5.82 Å². The van der Waals surface area contributed by atoms with Crippen molar-refractivity contribution in [1.29, 1.82) is 5.26 Å². The second kappa shape index (κ2) is 5.67. The third kappa shape index (κ3) is 2.71. The molecule has 0 N–H and O–H groups in total. The maximum absolute atomic E-state index is 9.23. The van der Waals surface area contributed by atoms with Crippen molar-refractivity contribution < 1.29 is 0 Å². The quantitative estimate of drug-likeness (QED) is 0.775. The number of hydrogen-bond donors (Lipinski definition) is 0. The molecule has 1 saturated carbocycles. The predicted octanol–water partition coefficient (Wildman–Crippen LogP) is 3.33. The number of anilines is 1. The van der Waals surface area contributed by atoms with E-state index in [2.05, 4.69) is 45.6 Å². The summed E-state index contributed by atoms with van der Waals surface area (Å²) in [6, 6.07) is 4.70. The molecule has 0 spiro atoms. The highest BCUT2D eigenvalue weighted by Gasteiger charge is 2.21. The first-order chi connectivity index (χ1) is 8.24. The average molecular weight is 341 g/mol. The molecule has 4 heteroatoms. The van der Waals surface area contributed by atoms with Gasteiger partial charge in [0.1, 0.15) is 17.5 Å². The molecule has 1 aliphatic rings. The maximum atomic E-state index is 9.23. The molecule has 1 aromatic rings. The van der Waals surface area contributed by atoms with Crippen molar-refractivity contribution in [1.82, 2.24) is 4.98 Å². The molecule has 90 valence electrons. The molecule has 3 nitrogen and oxygen atoms in total. The predicted molar refractivity (Wildman–Crippen MR) is 76.9 cm³/mol. The summed E-state index contributed by atoms with van der Waals surface area (Å²) < 4.78 is 0.984. The molecule has 0 bridgehead atoms. The van der Waals surface area contributed by atoms with Crippen LogP contribution in [0.3, 0.4) is 0 Å². The summed E-state index contributed by atoms with van der Waals surface area (Å²) >= 11 is 2.20. The van der Waals surface area contributed by atoms with E-state index in [4.69, 9.17) is 0 Å². The van der Waals surface area contributed by atoms with E-state index in [1.54, 1.807) is 6.20 Å². The summed E-state index contributed by atoms with van der Waals surface area (Å²) in [4.78, 5) is 6.58. The second-order valence-corrected chi connectivity index (χ2v) is 5.67. The highest BCUT2D eigenvalue weighted by Crippen LogP contribution is 2.28. The molecule has 1 heterocycles. The Morgan fingerprint density at radius 1 is 1.41 bits per heavy atom. The Kier molecular flexibility index (Phi) is 4.21. The van der Waals surface area contributed by atoms with Gasteiger partial charge in [0.15, 0.2) is 0 Å². The minimum absolute atomic E-state index is 0.543. The summed E-state index contributed by atoms with van der Waals surface area (Å²) in [6.07, 6.45) is 8.15. The van der Waals surface area contributed by atoms with Crippen molar-refractivity contribution in [2.45, 2.75) is 38.1 Å². The van der Waals surface area contributed by atoms with Crippen LogP contribution in [0, 0.1) is 14.9 Å². The van der Waals surface area contributed by atoms with Crippen molar-refractivity contribution in [2.75, 3.05) is 11.9 Å². The molecule has 1 fully saturated rings. The zero-order valence-electron chi connectivity index (χ0n) is 9.99. The van der Waals surface area contributed by atoms with E-state index in [-0.39, 0.29) is 0 Å². The molecule has 0 amide bonds. The van der Waals surface area contributed by atoms with Crippen LogP contribution in [-0.2, 0) is 0 Å². The van der Waals surface area contributed by atoms with Crippen molar-refractivity contribution in [3.63, 3.8) is 0 Å². The van der Waals surface area contributed by atoms with Crippen LogP contribution in [0.1, 0.15) is 37.7 Å². The number of nitriles is 1. The fourth-order valence-corrected chi connectivity index (χ4v) is 2.96. The van der Waals surface area contributed by atoms with Gasteiger partial charge in [-0.25, -0.2) is 4.98 Å². The van der Waals surface area contributed by atoms with E-state index >= 15 is 0 Å². The molecular formula is C13H16IN3. The molecule has 0 unspecified atom stereocenters. The van der Waals surface area contributed by atoms with Crippen molar-refractivity contribution in [3.8, 4) is 6.07 Å². The van der Waals surface area contributed by atoms with Crippen molar-refractivity contribution in [2.24, 2.45) is 0 Å². The van der Waals surface area contributed by atoms with Crippen molar-refractivity contribution in [3.05, 3.63) is 21.4 Å². The third-order valence-electron chi connectivity index (χ3n) is 3.45. The largest absolute Gasteiger partial charge is 0.356 e. The molecule has 2 rings (SSSR count). The molecular weight excluding hydrogens is 325 g/mol. The zero-order chi connectivity index (χ0) is 12.3. The molecule has 1 aromatic heterocycles. The number of pyridine rings is 1. The SMILES string of the molecule is CN(c1nccc(I)c1C#N)C1CCCCC1. The van der Waals surface area contributed by atoms with E-state index in [0.717, 1.165) is 9.39 Å². The van der Waals surface area contributed by atoms with Crippen LogP contribution in [-0.4, -0.2) is 18.1 Å². The third-order valence-corrected chi connectivity index (χ3v) is 4.35. The number of rotatable bonds is 2. The van der Waals surface area contributed by atoms with Crippen LogP contribution >= 0.6 is 22.6 Å². The first-order valence-corrected chi connectivity index (χ1v) is 7.09. The van der Waals surface area contributed by atoms with Crippen LogP contribution < -0.4 is 4.90 Å². The smallest absolute Gasteiger partial charge is 0.147 e. The summed E-state index contributed by atoms with van der Waals surface area (Å²) in [5.74, 6) is 0.839. The first-order valence-electron chi connectivity index (χ1n) is 6.01. The van der Waals surface area contributed by atoms with Gasteiger partial charge in [0, 0.05) is 22.9 Å². The van der Waals surface area contributed by atoms with Gasteiger partial charge in [0.2, 0.25) is 0 Å². The minimum Gasteiger partial charge on any atom is -0.356 e. The van der Waals surface area contributed by atoms with Crippen LogP contribution in [0.25, 0.3) is 0 Å². The van der Waals surface area contributed by atoms with Crippen molar-refractivity contribution >= 4 is 28.4 Å². The van der Waals surface area contributed by atoms with Gasteiger partial charge in [-0.1, -0.05) is 19.3 Å². The van der Waals surface area contributed by atoms with Gasteiger partial charge in [0.05, 0.1) is 0 Å². The van der Waals surface area contributed by atoms with Gasteiger partial charge in [-0.05, 0) is 41.5 Å². The van der Waals surface area contributed by atoms with E-state index in [1.165, 1.54) is 32.1 Å². The fraction of sp³-hybridized carbons (Fsp3) is 0.538. The van der Waals surface area contributed by atoms with Crippen LogP contribution in [0.5, 0.6) is 0 Å². The standard InChI is InChI=1S/C13H16IN3/c1-17(10-5-3-2-4-6-10)13-11(9-15)12(14)7-8-16-13/h7-8,10H,2-6H2,1H3. The lowest BCUT2D eigenvalue weighted by Crippen LogP contribution is -2.34. The number of hydrogen-bond acceptors (Lipinski definition) is 3. The molecule has 0 saturated heterocycles. The van der Waals surface area contributed by atoms with E-state index in [9.17, 15) is 5.26 Å². The summed E-state index contributed by atoms with van der Waals surface area (Å²) in [5.41, 5.74) is 0.709. The normalized spacial score (nSPS) is 16.5. The van der Waals surface area contributed by atoms with Gasteiger partial charge < -0.3 is 4.90 Å². The summed E-state index contributed by atoms with van der Waals surface area (Å²) in [7, 11) is 2.06. The van der Waals surface area contributed by atoms with Gasteiger partial charge in [0.25, 0.3) is 0 Å².